The van der Waals surface area contributed by atoms with Gasteiger partial charge in [0.05, 0.1) is 20.4 Å². The Morgan fingerprint density at radius 1 is 1.08 bits per heavy atom. The van der Waals surface area contributed by atoms with Gasteiger partial charge in [-0.1, -0.05) is 12.1 Å². The van der Waals surface area contributed by atoms with Gasteiger partial charge < -0.3 is 19.3 Å². The van der Waals surface area contributed by atoms with Gasteiger partial charge in [0.15, 0.2) is 6.61 Å². The number of hydrogen-bond donors (Lipinski definition) is 2. The van der Waals surface area contributed by atoms with Crippen molar-refractivity contribution in [2.45, 2.75) is 0 Å². The van der Waals surface area contributed by atoms with Gasteiger partial charge in [-0.25, -0.2) is 10.2 Å². The number of nitrogens with zero attached hydrogens (tertiary/aromatic N) is 1. The van der Waals surface area contributed by atoms with E-state index in [1.807, 2.05) is 0 Å². The highest BCUT2D eigenvalue weighted by Gasteiger charge is 2.09. The van der Waals surface area contributed by atoms with Gasteiger partial charge in [0.2, 0.25) is 0 Å². The summed E-state index contributed by atoms with van der Waals surface area (Å²) in [6.07, 6.45) is 1.42. The summed E-state index contributed by atoms with van der Waals surface area (Å²) >= 11 is 0. The van der Waals surface area contributed by atoms with Crippen LogP contribution in [0.5, 0.6) is 17.2 Å². The lowest BCUT2D eigenvalue weighted by Gasteiger charge is -2.07. The first kappa shape index (κ1) is 18.8. The molecule has 8 heteroatoms. The van der Waals surface area contributed by atoms with Gasteiger partial charge >= 0.3 is 5.97 Å². The molecule has 0 atom stereocenters. The van der Waals surface area contributed by atoms with Crippen molar-refractivity contribution >= 4 is 18.1 Å². The van der Waals surface area contributed by atoms with Crippen LogP contribution in [0.4, 0.5) is 0 Å². The Hall–Kier alpha value is -3.55. The lowest BCUT2D eigenvalue weighted by atomic mass is 10.2. The predicted molar refractivity (Wildman–Crippen MR) is 94.2 cm³/mol. The van der Waals surface area contributed by atoms with Crippen LogP contribution in [-0.2, 0) is 4.79 Å². The van der Waals surface area contributed by atoms with Gasteiger partial charge in [-0.15, -0.1) is 0 Å². The second-order valence-corrected chi connectivity index (χ2v) is 5.06. The van der Waals surface area contributed by atoms with Gasteiger partial charge in [-0.3, -0.25) is 4.79 Å². The smallest absolute Gasteiger partial charge is 0.341 e. The molecule has 2 aromatic rings. The molecule has 136 valence electrons. The highest BCUT2D eigenvalue weighted by atomic mass is 16.5. The first-order valence-electron chi connectivity index (χ1n) is 7.53. The lowest BCUT2D eigenvalue weighted by Crippen LogP contribution is -2.17. The molecule has 0 radical (unpaired) electrons. The number of amides is 1. The minimum atomic E-state index is -1.06. The van der Waals surface area contributed by atoms with Crippen LogP contribution in [0.3, 0.4) is 0 Å². The molecule has 2 rings (SSSR count). The Balaban J connectivity index is 2.03. The molecule has 0 unspecified atom stereocenters. The summed E-state index contributed by atoms with van der Waals surface area (Å²) in [5, 5.41) is 12.5. The second kappa shape index (κ2) is 9.07. The van der Waals surface area contributed by atoms with Crippen molar-refractivity contribution in [3.8, 4) is 17.2 Å². The number of carboxylic acid groups (broad SMARTS) is 1. The zero-order valence-electron chi connectivity index (χ0n) is 14.3. The Bertz CT molecular complexity index is 797. The molecule has 0 aliphatic rings. The van der Waals surface area contributed by atoms with Gasteiger partial charge in [0.25, 0.3) is 5.91 Å². The maximum absolute atomic E-state index is 12.2. The number of carboxylic acids is 1. The molecule has 2 N–H and O–H groups in total. The summed E-state index contributed by atoms with van der Waals surface area (Å²) in [7, 11) is 2.99. The molecule has 0 aliphatic heterocycles. The Kier molecular flexibility index (Phi) is 6.55. The van der Waals surface area contributed by atoms with E-state index < -0.39 is 18.5 Å². The molecule has 0 heterocycles. The van der Waals surface area contributed by atoms with Gasteiger partial charge in [-0.2, -0.15) is 5.10 Å². The van der Waals surface area contributed by atoms with Crippen LogP contribution in [0.25, 0.3) is 0 Å². The maximum Gasteiger partial charge on any atom is 0.341 e. The number of hydrogen-bond acceptors (Lipinski definition) is 6. The molecular formula is C18H18N2O6. The Morgan fingerprint density at radius 3 is 2.38 bits per heavy atom. The van der Waals surface area contributed by atoms with Gasteiger partial charge in [0, 0.05) is 11.6 Å². The maximum atomic E-state index is 12.2. The zero-order chi connectivity index (χ0) is 18.9. The third kappa shape index (κ3) is 5.52. The molecule has 8 nitrogen and oxygen atoms in total. The van der Waals surface area contributed by atoms with Crippen LogP contribution in [0.1, 0.15) is 15.9 Å². The van der Waals surface area contributed by atoms with E-state index in [1.165, 1.54) is 20.4 Å². The minimum Gasteiger partial charge on any atom is -0.497 e. The normalized spacial score (nSPS) is 10.4. The molecule has 0 saturated heterocycles. The summed E-state index contributed by atoms with van der Waals surface area (Å²) in [6.45, 7) is -0.436. The summed E-state index contributed by atoms with van der Waals surface area (Å²) in [6, 6.07) is 11.4. The molecular weight excluding hydrogens is 340 g/mol. The Labute approximate surface area is 150 Å². The van der Waals surface area contributed by atoms with Crippen LogP contribution in [0.2, 0.25) is 0 Å². The fourth-order valence-corrected chi connectivity index (χ4v) is 2.00. The highest BCUT2D eigenvalue weighted by Crippen LogP contribution is 2.22. The molecule has 0 spiro atoms. The van der Waals surface area contributed by atoms with Gasteiger partial charge in [-0.05, 0) is 29.8 Å². The number of rotatable bonds is 8. The number of carbonyl (C=O) groups is 2. The van der Waals surface area contributed by atoms with E-state index in [4.69, 9.17) is 19.3 Å². The quantitative estimate of drug-likeness (QED) is 0.552. The van der Waals surface area contributed by atoms with Crippen molar-refractivity contribution in [2.24, 2.45) is 5.10 Å². The number of carbonyl (C=O) groups excluding carboxylic acids is 1. The van der Waals surface area contributed by atoms with E-state index in [9.17, 15) is 9.59 Å². The summed E-state index contributed by atoms with van der Waals surface area (Å²) in [5.74, 6) is -0.134. The number of benzene rings is 2. The predicted octanol–water partition coefficient (Wildman–Crippen LogP) is 1.93. The molecule has 0 fully saturated rings. The number of aliphatic carboxylic acids is 1. The van der Waals surface area contributed by atoms with Crippen LogP contribution >= 0.6 is 0 Å². The topological polar surface area (TPSA) is 106 Å². The fourth-order valence-electron chi connectivity index (χ4n) is 2.00. The molecule has 26 heavy (non-hydrogen) atoms. The van der Waals surface area contributed by atoms with Crippen molar-refractivity contribution < 1.29 is 28.9 Å². The third-order valence-electron chi connectivity index (χ3n) is 3.21. The van der Waals surface area contributed by atoms with E-state index in [0.29, 0.717) is 28.4 Å². The first-order chi connectivity index (χ1) is 12.5. The van der Waals surface area contributed by atoms with E-state index in [-0.39, 0.29) is 0 Å². The van der Waals surface area contributed by atoms with Crippen LogP contribution in [0, 0.1) is 0 Å². The third-order valence-corrected chi connectivity index (χ3v) is 3.21. The minimum absolute atomic E-state index is 0.330. The average molecular weight is 358 g/mol. The number of hydrazone groups is 1. The molecule has 2 aromatic carbocycles. The molecule has 1 amide bonds. The average Bonchev–Trinajstić information content (AvgIpc) is 2.66. The second-order valence-electron chi connectivity index (χ2n) is 5.06. The fraction of sp³-hybridized carbons (Fsp3) is 0.167. The van der Waals surface area contributed by atoms with Crippen LogP contribution in [-0.4, -0.2) is 44.0 Å². The van der Waals surface area contributed by atoms with E-state index in [1.54, 1.807) is 42.5 Å². The van der Waals surface area contributed by atoms with Crippen molar-refractivity contribution in [3.63, 3.8) is 0 Å². The van der Waals surface area contributed by atoms with Crippen molar-refractivity contribution in [1.82, 2.24) is 5.43 Å². The number of ether oxygens (including phenoxy) is 3. The Morgan fingerprint density at radius 2 is 1.77 bits per heavy atom. The molecule has 0 aliphatic carbocycles. The summed E-state index contributed by atoms with van der Waals surface area (Å²) < 4.78 is 15.3. The molecule has 0 saturated carbocycles. The lowest BCUT2D eigenvalue weighted by molar-refractivity contribution is -0.139. The largest absolute Gasteiger partial charge is 0.497 e. The zero-order valence-corrected chi connectivity index (χ0v) is 14.3. The van der Waals surface area contributed by atoms with Crippen molar-refractivity contribution in [1.29, 1.82) is 0 Å². The van der Waals surface area contributed by atoms with Crippen molar-refractivity contribution in [3.05, 3.63) is 53.6 Å². The molecule has 0 aromatic heterocycles. The summed E-state index contributed by atoms with van der Waals surface area (Å²) in [5.41, 5.74) is 3.37. The number of methoxy groups -OCH3 is 2. The summed E-state index contributed by atoms with van der Waals surface area (Å²) in [4.78, 5) is 22.7. The van der Waals surface area contributed by atoms with Crippen LogP contribution < -0.4 is 19.6 Å². The molecule has 0 bridgehead atoms. The monoisotopic (exact) mass is 358 g/mol. The number of nitrogens with one attached hydrogen (secondary N) is 1. The standard InChI is InChI=1S/C18H18N2O6/c1-24-15-7-13(8-16(9-15)25-2)18(23)20-19-10-12-4-3-5-14(6-12)26-11-17(21)22/h3-10H,11H2,1-2H3,(H,20,23)(H,21,22). The van der Waals surface area contributed by atoms with Crippen molar-refractivity contribution in [2.75, 3.05) is 20.8 Å². The highest BCUT2D eigenvalue weighted by molar-refractivity contribution is 5.95. The first-order valence-corrected chi connectivity index (χ1v) is 7.53. The van der Waals surface area contributed by atoms with E-state index in [2.05, 4.69) is 10.5 Å². The van der Waals surface area contributed by atoms with E-state index in [0.717, 1.165) is 0 Å². The van der Waals surface area contributed by atoms with Crippen LogP contribution in [0.15, 0.2) is 47.6 Å². The van der Waals surface area contributed by atoms with E-state index >= 15 is 0 Å². The SMILES string of the molecule is COc1cc(OC)cc(C(=O)NN=Cc2cccc(OCC(=O)O)c2)c1. The van der Waals surface area contributed by atoms with Gasteiger partial charge in [0.1, 0.15) is 17.2 Å².